The van der Waals surface area contributed by atoms with Crippen molar-refractivity contribution < 1.29 is 9.84 Å². The van der Waals surface area contributed by atoms with Crippen LogP contribution >= 0.6 is 11.6 Å². The van der Waals surface area contributed by atoms with Gasteiger partial charge >= 0.3 is 0 Å². The Morgan fingerprint density at radius 2 is 2.23 bits per heavy atom. The van der Waals surface area contributed by atoms with E-state index in [4.69, 9.17) is 21.4 Å². The molecule has 71 valence electrons. The van der Waals surface area contributed by atoms with E-state index in [2.05, 4.69) is 0 Å². The Morgan fingerprint density at radius 3 is 2.77 bits per heavy atom. The van der Waals surface area contributed by atoms with Crippen LogP contribution in [0.15, 0.2) is 18.2 Å². The maximum absolute atomic E-state index is 8.91. The molecule has 1 aromatic rings. The van der Waals surface area contributed by atoms with Crippen molar-refractivity contribution >= 4 is 11.6 Å². The summed E-state index contributed by atoms with van der Waals surface area (Å²) in [5.74, 6) is 1.53. The van der Waals surface area contributed by atoms with E-state index >= 15 is 0 Å². The average Bonchev–Trinajstić information content (AvgIpc) is 2.17. The second kappa shape index (κ2) is 4.49. The fourth-order valence-corrected chi connectivity index (χ4v) is 1.21. The van der Waals surface area contributed by atoms with Crippen LogP contribution in [0, 0.1) is 5.92 Å². The van der Waals surface area contributed by atoms with Crippen molar-refractivity contribution in [3.63, 3.8) is 0 Å². The van der Waals surface area contributed by atoms with Crippen molar-refractivity contribution in [2.75, 3.05) is 13.7 Å². The molecule has 0 heterocycles. The van der Waals surface area contributed by atoms with Gasteiger partial charge in [-0.3, -0.25) is 0 Å². The van der Waals surface area contributed by atoms with Gasteiger partial charge in [-0.1, -0.05) is 24.6 Å². The molecule has 0 unspecified atom stereocenters. The van der Waals surface area contributed by atoms with Crippen molar-refractivity contribution in [2.45, 2.75) is 6.92 Å². The van der Waals surface area contributed by atoms with Gasteiger partial charge in [0.2, 0.25) is 0 Å². The lowest BCUT2D eigenvalue weighted by molar-refractivity contribution is 0.314. The van der Waals surface area contributed by atoms with Crippen LogP contribution < -0.4 is 4.74 Å². The van der Waals surface area contributed by atoms with Crippen molar-refractivity contribution in [2.24, 2.45) is 0 Å². The van der Waals surface area contributed by atoms with Gasteiger partial charge in [0.15, 0.2) is 0 Å². The zero-order valence-corrected chi connectivity index (χ0v) is 8.43. The van der Waals surface area contributed by atoms with Gasteiger partial charge in [-0.25, -0.2) is 0 Å². The molecule has 0 bridgehead atoms. The Balaban J connectivity index is 2.99. The molecule has 0 aromatic heterocycles. The van der Waals surface area contributed by atoms with Crippen LogP contribution in [0.3, 0.4) is 0 Å². The van der Waals surface area contributed by atoms with Crippen LogP contribution in [-0.4, -0.2) is 18.8 Å². The molecule has 0 saturated heterocycles. The number of hydrogen-bond donors (Lipinski definition) is 1. The summed E-state index contributed by atoms with van der Waals surface area (Å²) >= 11 is 5.85. The highest BCUT2D eigenvalue weighted by Crippen LogP contribution is 2.27. The number of halogens is 1. The van der Waals surface area contributed by atoms with Gasteiger partial charge in [0.25, 0.3) is 0 Å². The molecule has 0 aliphatic carbocycles. The van der Waals surface area contributed by atoms with E-state index in [0.717, 1.165) is 11.5 Å². The Labute approximate surface area is 83.1 Å². The van der Waals surface area contributed by atoms with Gasteiger partial charge in [-0.05, 0) is 17.7 Å². The molecule has 0 atom stereocenters. The maximum Gasteiger partial charge on any atom is 0.137 e. The molecule has 1 N–H and O–H groups in total. The number of hydrogen-bond acceptors (Lipinski definition) is 2. The zero-order valence-electron chi connectivity index (χ0n) is 7.67. The first-order chi connectivity index (χ1) is 6.19. The predicted octanol–water partition coefficient (Wildman–Crippen LogP) is 2.28. The molecule has 0 amide bonds. The van der Waals surface area contributed by atoms with E-state index < -0.39 is 0 Å². The number of benzene rings is 1. The molecular formula is C10H12ClO2. The first-order valence-corrected chi connectivity index (χ1v) is 4.34. The standard InChI is InChI=1S/C10H12ClO2/c1-7(6-12)8-3-4-9(11)10(5-8)13-2/h3-5,12H,6H2,1-2H3. The number of rotatable bonds is 3. The lowest BCUT2D eigenvalue weighted by Crippen LogP contribution is -2.00. The SMILES string of the molecule is COc1cc([C](C)CO)ccc1Cl. The van der Waals surface area contributed by atoms with Gasteiger partial charge in [-0.2, -0.15) is 0 Å². The predicted molar refractivity (Wildman–Crippen MR) is 53.1 cm³/mol. The van der Waals surface area contributed by atoms with E-state index in [9.17, 15) is 0 Å². The summed E-state index contributed by atoms with van der Waals surface area (Å²) in [6.07, 6.45) is 0. The third-order valence-corrected chi connectivity index (χ3v) is 2.19. The summed E-state index contributed by atoms with van der Waals surface area (Å²) in [4.78, 5) is 0. The van der Waals surface area contributed by atoms with Crippen LogP contribution in [0.4, 0.5) is 0 Å². The maximum atomic E-state index is 8.91. The topological polar surface area (TPSA) is 29.5 Å². The Hall–Kier alpha value is -0.730. The highest BCUT2D eigenvalue weighted by Gasteiger charge is 2.07. The zero-order chi connectivity index (χ0) is 9.84. The monoisotopic (exact) mass is 199 g/mol. The van der Waals surface area contributed by atoms with Gasteiger partial charge in [0, 0.05) is 5.92 Å². The summed E-state index contributed by atoms with van der Waals surface area (Å²) in [6.45, 7) is 1.91. The molecule has 13 heavy (non-hydrogen) atoms. The molecule has 1 aromatic carbocycles. The van der Waals surface area contributed by atoms with Crippen molar-refractivity contribution in [1.82, 2.24) is 0 Å². The van der Waals surface area contributed by atoms with Crippen LogP contribution in [-0.2, 0) is 0 Å². The third-order valence-electron chi connectivity index (χ3n) is 1.88. The second-order valence-corrected chi connectivity index (χ2v) is 3.19. The van der Waals surface area contributed by atoms with Crippen LogP contribution in [0.25, 0.3) is 0 Å². The second-order valence-electron chi connectivity index (χ2n) is 2.79. The molecule has 3 heteroatoms. The van der Waals surface area contributed by atoms with E-state index in [1.807, 2.05) is 19.1 Å². The summed E-state index contributed by atoms with van der Waals surface area (Å²) in [5.41, 5.74) is 0.948. The normalized spacial score (nSPS) is 10.5. The molecule has 0 aliphatic heterocycles. The van der Waals surface area contributed by atoms with Gasteiger partial charge in [0.1, 0.15) is 5.75 Å². The number of aliphatic hydroxyl groups is 1. The van der Waals surface area contributed by atoms with E-state index in [0.29, 0.717) is 10.8 Å². The summed E-state index contributed by atoms with van der Waals surface area (Å²) in [5, 5.41) is 9.49. The highest BCUT2D eigenvalue weighted by atomic mass is 35.5. The minimum atomic E-state index is 0.0464. The van der Waals surface area contributed by atoms with Crippen molar-refractivity contribution in [1.29, 1.82) is 0 Å². The Bertz CT molecular complexity index is 286. The Morgan fingerprint density at radius 1 is 1.54 bits per heavy atom. The minimum absolute atomic E-state index is 0.0464. The molecule has 2 nitrogen and oxygen atoms in total. The fourth-order valence-electron chi connectivity index (χ4n) is 1.02. The molecule has 0 aliphatic rings. The Kier molecular flexibility index (Phi) is 3.58. The first-order valence-electron chi connectivity index (χ1n) is 3.96. The fraction of sp³-hybridized carbons (Fsp3) is 0.300. The lowest BCUT2D eigenvalue weighted by atomic mass is 10.0. The number of aliphatic hydroxyl groups excluding tert-OH is 1. The van der Waals surface area contributed by atoms with Gasteiger partial charge in [-0.15, -0.1) is 0 Å². The molecule has 1 rings (SSSR count). The molecule has 0 saturated carbocycles. The first kappa shape index (κ1) is 10.4. The van der Waals surface area contributed by atoms with E-state index in [1.165, 1.54) is 0 Å². The number of ether oxygens (including phenoxy) is 1. The molecular weight excluding hydrogens is 188 g/mol. The minimum Gasteiger partial charge on any atom is -0.495 e. The summed E-state index contributed by atoms with van der Waals surface area (Å²) in [7, 11) is 1.57. The van der Waals surface area contributed by atoms with Crippen molar-refractivity contribution in [3.8, 4) is 5.75 Å². The summed E-state index contributed by atoms with van der Waals surface area (Å²) < 4.78 is 5.05. The quantitative estimate of drug-likeness (QED) is 0.810. The molecule has 1 radical (unpaired) electrons. The molecule has 0 spiro atoms. The van der Waals surface area contributed by atoms with Gasteiger partial charge < -0.3 is 9.84 Å². The number of methoxy groups -OCH3 is 1. The van der Waals surface area contributed by atoms with Crippen LogP contribution in [0.5, 0.6) is 5.75 Å². The molecule has 0 fully saturated rings. The van der Waals surface area contributed by atoms with Crippen LogP contribution in [0.1, 0.15) is 12.5 Å². The van der Waals surface area contributed by atoms with Crippen LogP contribution in [0.2, 0.25) is 5.02 Å². The van der Waals surface area contributed by atoms with Crippen molar-refractivity contribution in [3.05, 3.63) is 34.7 Å². The smallest absolute Gasteiger partial charge is 0.137 e. The van der Waals surface area contributed by atoms with E-state index in [-0.39, 0.29) is 6.61 Å². The largest absolute Gasteiger partial charge is 0.495 e. The summed E-state index contributed by atoms with van der Waals surface area (Å²) in [6, 6.07) is 5.43. The lowest BCUT2D eigenvalue weighted by Gasteiger charge is -2.10. The third kappa shape index (κ3) is 2.36. The van der Waals surface area contributed by atoms with E-state index in [1.54, 1.807) is 13.2 Å². The average molecular weight is 200 g/mol. The van der Waals surface area contributed by atoms with Gasteiger partial charge in [0.05, 0.1) is 18.7 Å². The highest BCUT2D eigenvalue weighted by molar-refractivity contribution is 6.32.